The van der Waals surface area contributed by atoms with Crippen molar-refractivity contribution >= 4 is 15.9 Å². The van der Waals surface area contributed by atoms with Gasteiger partial charge in [0.2, 0.25) is 0 Å². The second kappa shape index (κ2) is 6.52. The predicted octanol–water partition coefficient (Wildman–Crippen LogP) is 4.82. The van der Waals surface area contributed by atoms with Gasteiger partial charge in [0.15, 0.2) is 0 Å². The minimum absolute atomic E-state index is 0.145. The van der Waals surface area contributed by atoms with Crippen LogP contribution in [-0.2, 0) is 6.42 Å². The van der Waals surface area contributed by atoms with Crippen molar-refractivity contribution in [3.63, 3.8) is 0 Å². The van der Waals surface area contributed by atoms with E-state index in [0.29, 0.717) is 17.4 Å². The molecule has 0 amide bonds. The molecule has 20 heavy (non-hydrogen) atoms. The molecule has 1 aromatic carbocycles. The SMILES string of the molecule is CCC1CCC(CN)(Cc2c(F)ccc(Br)c2F)CC1. The van der Waals surface area contributed by atoms with E-state index in [1.807, 2.05) is 0 Å². The summed E-state index contributed by atoms with van der Waals surface area (Å²) in [5.41, 5.74) is 5.99. The van der Waals surface area contributed by atoms with E-state index >= 15 is 0 Å². The van der Waals surface area contributed by atoms with Crippen molar-refractivity contribution in [3.05, 3.63) is 33.8 Å². The molecule has 0 radical (unpaired) electrons. The summed E-state index contributed by atoms with van der Waals surface area (Å²) in [5, 5.41) is 0. The molecule has 0 spiro atoms. The molecular weight excluding hydrogens is 324 g/mol. The van der Waals surface area contributed by atoms with Gasteiger partial charge in [-0.15, -0.1) is 0 Å². The first-order valence-electron chi connectivity index (χ1n) is 7.34. The number of benzene rings is 1. The minimum Gasteiger partial charge on any atom is -0.330 e. The summed E-state index contributed by atoms with van der Waals surface area (Å²) in [6.45, 7) is 2.70. The third kappa shape index (κ3) is 3.22. The van der Waals surface area contributed by atoms with Crippen molar-refractivity contribution in [1.29, 1.82) is 0 Å². The molecule has 1 aliphatic rings. The standard InChI is InChI=1S/C16H22BrF2N/c1-2-11-5-7-16(10-20,8-6-11)9-12-14(18)4-3-13(17)15(12)19/h3-4,11H,2,5-10,20H2,1H3. The molecule has 0 bridgehead atoms. The monoisotopic (exact) mass is 345 g/mol. The third-order valence-electron chi connectivity index (χ3n) is 4.87. The van der Waals surface area contributed by atoms with Crippen LogP contribution in [0.1, 0.15) is 44.6 Å². The van der Waals surface area contributed by atoms with Crippen LogP contribution in [0.25, 0.3) is 0 Å². The summed E-state index contributed by atoms with van der Waals surface area (Å²) in [4.78, 5) is 0. The number of halogens is 3. The smallest absolute Gasteiger partial charge is 0.143 e. The Labute approximate surface area is 128 Å². The van der Waals surface area contributed by atoms with Gasteiger partial charge in [0, 0.05) is 5.56 Å². The van der Waals surface area contributed by atoms with Gasteiger partial charge < -0.3 is 5.73 Å². The Kier molecular flexibility index (Phi) is 5.19. The van der Waals surface area contributed by atoms with E-state index in [1.165, 1.54) is 18.6 Å². The van der Waals surface area contributed by atoms with E-state index in [4.69, 9.17) is 5.73 Å². The zero-order chi connectivity index (χ0) is 14.8. The Morgan fingerprint density at radius 3 is 2.50 bits per heavy atom. The van der Waals surface area contributed by atoms with Crippen molar-refractivity contribution in [2.45, 2.75) is 45.4 Å². The molecule has 4 heteroatoms. The van der Waals surface area contributed by atoms with Gasteiger partial charge in [0.1, 0.15) is 11.6 Å². The predicted molar refractivity (Wildman–Crippen MR) is 81.5 cm³/mol. The van der Waals surface area contributed by atoms with Crippen LogP contribution in [0, 0.1) is 23.0 Å². The summed E-state index contributed by atoms with van der Waals surface area (Å²) in [6.07, 6.45) is 5.74. The highest BCUT2D eigenvalue weighted by molar-refractivity contribution is 9.10. The maximum absolute atomic E-state index is 14.1. The third-order valence-corrected chi connectivity index (χ3v) is 5.48. The summed E-state index contributed by atoms with van der Waals surface area (Å²) < 4.78 is 28.4. The quantitative estimate of drug-likeness (QED) is 0.778. The first-order valence-corrected chi connectivity index (χ1v) is 8.13. The topological polar surface area (TPSA) is 26.0 Å². The lowest BCUT2D eigenvalue weighted by molar-refractivity contribution is 0.151. The molecule has 1 aromatic rings. The van der Waals surface area contributed by atoms with Crippen molar-refractivity contribution in [2.24, 2.45) is 17.1 Å². The maximum atomic E-state index is 14.1. The van der Waals surface area contributed by atoms with E-state index in [-0.39, 0.29) is 11.0 Å². The Hall–Kier alpha value is -0.480. The van der Waals surface area contributed by atoms with Crippen LogP contribution in [0.15, 0.2) is 16.6 Å². The first kappa shape index (κ1) is 15.9. The average molecular weight is 346 g/mol. The van der Waals surface area contributed by atoms with Gasteiger partial charge in [-0.05, 0) is 78.0 Å². The summed E-state index contributed by atoms with van der Waals surface area (Å²) >= 11 is 3.13. The summed E-state index contributed by atoms with van der Waals surface area (Å²) in [6, 6.07) is 2.74. The van der Waals surface area contributed by atoms with Crippen molar-refractivity contribution in [2.75, 3.05) is 6.54 Å². The molecular formula is C16H22BrF2N. The Balaban J connectivity index is 2.21. The van der Waals surface area contributed by atoms with Crippen LogP contribution in [0.3, 0.4) is 0 Å². The van der Waals surface area contributed by atoms with Crippen LogP contribution in [0.2, 0.25) is 0 Å². The van der Waals surface area contributed by atoms with Crippen LogP contribution in [0.5, 0.6) is 0 Å². The first-order chi connectivity index (χ1) is 9.51. The number of nitrogens with two attached hydrogens (primary N) is 1. The summed E-state index contributed by atoms with van der Waals surface area (Å²) in [5.74, 6) is -0.196. The Bertz CT molecular complexity index is 468. The van der Waals surface area contributed by atoms with E-state index in [9.17, 15) is 8.78 Å². The molecule has 0 saturated heterocycles. The highest BCUT2D eigenvalue weighted by atomic mass is 79.9. The molecule has 2 N–H and O–H groups in total. The second-order valence-electron chi connectivity index (χ2n) is 6.05. The molecule has 0 atom stereocenters. The van der Waals surface area contributed by atoms with Crippen LogP contribution in [-0.4, -0.2) is 6.54 Å². The molecule has 0 aliphatic heterocycles. The molecule has 1 nitrogen and oxygen atoms in total. The fraction of sp³-hybridized carbons (Fsp3) is 0.625. The second-order valence-corrected chi connectivity index (χ2v) is 6.91. The molecule has 2 rings (SSSR count). The maximum Gasteiger partial charge on any atom is 0.143 e. The lowest BCUT2D eigenvalue weighted by Gasteiger charge is -2.39. The lowest BCUT2D eigenvalue weighted by atomic mass is 9.67. The molecule has 1 fully saturated rings. The van der Waals surface area contributed by atoms with E-state index < -0.39 is 11.6 Å². The zero-order valence-electron chi connectivity index (χ0n) is 11.9. The molecule has 0 unspecified atom stereocenters. The lowest BCUT2D eigenvalue weighted by Crippen LogP contribution is -2.37. The zero-order valence-corrected chi connectivity index (χ0v) is 13.5. The van der Waals surface area contributed by atoms with E-state index in [0.717, 1.165) is 31.6 Å². The molecule has 0 aromatic heterocycles. The van der Waals surface area contributed by atoms with Gasteiger partial charge in [-0.3, -0.25) is 0 Å². The van der Waals surface area contributed by atoms with Crippen molar-refractivity contribution < 1.29 is 8.78 Å². The highest BCUT2D eigenvalue weighted by Gasteiger charge is 2.35. The minimum atomic E-state index is -0.476. The number of rotatable bonds is 4. The number of hydrogen-bond donors (Lipinski definition) is 1. The van der Waals surface area contributed by atoms with Gasteiger partial charge in [-0.25, -0.2) is 8.78 Å². The fourth-order valence-electron chi connectivity index (χ4n) is 3.26. The Morgan fingerprint density at radius 2 is 1.95 bits per heavy atom. The van der Waals surface area contributed by atoms with E-state index in [1.54, 1.807) is 0 Å². The van der Waals surface area contributed by atoms with Crippen LogP contribution in [0.4, 0.5) is 8.78 Å². The molecule has 1 saturated carbocycles. The van der Waals surface area contributed by atoms with Gasteiger partial charge >= 0.3 is 0 Å². The normalized spacial score (nSPS) is 26.8. The average Bonchev–Trinajstić information content (AvgIpc) is 2.48. The molecule has 112 valence electrons. The van der Waals surface area contributed by atoms with Gasteiger partial charge in [-0.1, -0.05) is 13.3 Å². The Morgan fingerprint density at radius 1 is 1.30 bits per heavy atom. The van der Waals surface area contributed by atoms with Crippen LogP contribution < -0.4 is 5.73 Å². The van der Waals surface area contributed by atoms with Gasteiger partial charge in [0.05, 0.1) is 4.47 Å². The van der Waals surface area contributed by atoms with Crippen LogP contribution >= 0.6 is 15.9 Å². The number of hydrogen-bond acceptors (Lipinski definition) is 1. The van der Waals surface area contributed by atoms with Gasteiger partial charge in [-0.2, -0.15) is 0 Å². The van der Waals surface area contributed by atoms with Gasteiger partial charge in [0.25, 0.3) is 0 Å². The largest absolute Gasteiger partial charge is 0.330 e. The summed E-state index contributed by atoms with van der Waals surface area (Å²) in [7, 11) is 0. The molecule has 0 heterocycles. The fourth-order valence-corrected chi connectivity index (χ4v) is 3.63. The molecule has 1 aliphatic carbocycles. The van der Waals surface area contributed by atoms with Crippen molar-refractivity contribution in [3.8, 4) is 0 Å². The van der Waals surface area contributed by atoms with E-state index in [2.05, 4.69) is 22.9 Å². The highest BCUT2D eigenvalue weighted by Crippen LogP contribution is 2.42. The van der Waals surface area contributed by atoms with Crippen molar-refractivity contribution in [1.82, 2.24) is 0 Å².